The fourth-order valence-corrected chi connectivity index (χ4v) is 4.74. The van der Waals surface area contributed by atoms with E-state index in [0.717, 1.165) is 44.0 Å². The van der Waals surface area contributed by atoms with E-state index in [1.807, 2.05) is 6.07 Å². The molecule has 0 aromatic heterocycles. The molecule has 29 heavy (non-hydrogen) atoms. The van der Waals surface area contributed by atoms with Crippen molar-refractivity contribution >= 4 is 0 Å². The molecule has 4 nitrogen and oxygen atoms in total. The third-order valence-corrected chi connectivity index (χ3v) is 6.31. The Balaban J connectivity index is 1.38. The van der Waals surface area contributed by atoms with Gasteiger partial charge in [-0.15, -0.1) is 0 Å². The highest BCUT2D eigenvalue weighted by Gasteiger charge is 2.34. The number of hydrogen-bond acceptors (Lipinski definition) is 3. The second-order valence-electron chi connectivity index (χ2n) is 9.14. The van der Waals surface area contributed by atoms with Gasteiger partial charge in [-0.2, -0.15) is 0 Å². The van der Waals surface area contributed by atoms with E-state index in [1.165, 1.54) is 23.1 Å². The lowest BCUT2D eigenvalue weighted by molar-refractivity contribution is -0.671. The van der Waals surface area contributed by atoms with Crippen LogP contribution >= 0.6 is 0 Å². The van der Waals surface area contributed by atoms with Crippen LogP contribution in [0.4, 0.5) is 0 Å². The number of hydrogen-bond donors (Lipinski definition) is 1. The van der Waals surface area contributed by atoms with Crippen molar-refractivity contribution in [2.75, 3.05) is 19.9 Å². The van der Waals surface area contributed by atoms with Crippen molar-refractivity contribution < 1.29 is 19.5 Å². The molecule has 1 fully saturated rings. The third kappa shape index (κ3) is 5.12. The van der Waals surface area contributed by atoms with Gasteiger partial charge >= 0.3 is 0 Å². The lowest BCUT2D eigenvalue weighted by Gasteiger charge is -2.39. The van der Waals surface area contributed by atoms with Crippen LogP contribution in [-0.2, 0) is 11.3 Å². The van der Waals surface area contributed by atoms with Gasteiger partial charge in [-0.05, 0) is 69.2 Å². The van der Waals surface area contributed by atoms with Crippen LogP contribution in [0.1, 0.15) is 55.7 Å². The maximum absolute atomic E-state index is 5.99. The van der Waals surface area contributed by atoms with Gasteiger partial charge in [0.15, 0.2) is 11.5 Å². The lowest BCUT2D eigenvalue weighted by atomic mass is 9.75. The van der Waals surface area contributed by atoms with Crippen LogP contribution in [0.15, 0.2) is 42.5 Å². The largest absolute Gasteiger partial charge is 0.454 e. The fourth-order valence-electron chi connectivity index (χ4n) is 4.74. The molecule has 0 amide bonds. The molecule has 0 spiro atoms. The van der Waals surface area contributed by atoms with Gasteiger partial charge in [0, 0.05) is 18.6 Å². The van der Waals surface area contributed by atoms with E-state index in [9.17, 15) is 0 Å². The molecular formula is C25H34NO3+. The molecule has 2 aliphatic heterocycles. The Morgan fingerprint density at radius 3 is 2.66 bits per heavy atom. The Bertz CT molecular complexity index is 815. The Labute approximate surface area is 174 Å². The molecule has 2 heterocycles. The summed E-state index contributed by atoms with van der Waals surface area (Å²) in [7, 11) is 0. The fraction of sp³-hybridized carbons (Fsp3) is 0.520. The van der Waals surface area contributed by atoms with Gasteiger partial charge < -0.3 is 19.5 Å². The zero-order valence-electron chi connectivity index (χ0n) is 17.9. The van der Waals surface area contributed by atoms with Crippen LogP contribution in [-0.4, -0.2) is 25.5 Å². The molecule has 2 atom stereocenters. The summed E-state index contributed by atoms with van der Waals surface area (Å²) in [6, 6.07) is 15.4. The maximum atomic E-state index is 5.99. The minimum absolute atomic E-state index is 0.0118. The molecule has 156 valence electrons. The molecule has 1 saturated heterocycles. The summed E-state index contributed by atoms with van der Waals surface area (Å²) >= 11 is 0. The average Bonchev–Trinajstić information content (AvgIpc) is 3.16. The number of ether oxygens (including phenoxy) is 3. The van der Waals surface area contributed by atoms with E-state index >= 15 is 0 Å². The normalized spacial score (nSPS) is 21.1. The molecular weight excluding hydrogens is 362 g/mol. The van der Waals surface area contributed by atoms with E-state index < -0.39 is 0 Å². The number of aryl methyl sites for hydroxylation is 1. The molecule has 4 rings (SSSR count). The third-order valence-electron chi connectivity index (χ3n) is 6.31. The van der Waals surface area contributed by atoms with Crippen LogP contribution in [0.3, 0.4) is 0 Å². The first-order chi connectivity index (χ1) is 14.0. The van der Waals surface area contributed by atoms with Crippen LogP contribution in [0.2, 0.25) is 0 Å². The number of fused-ring (bicyclic) bond motifs is 1. The summed E-state index contributed by atoms with van der Waals surface area (Å²) in [4.78, 5) is 0. The van der Waals surface area contributed by atoms with Crippen LogP contribution in [0, 0.1) is 12.8 Å². The summed E-state index contributed by atoms with van der Waals surface area (Å²) in [5.74, 6) is 3.00. The van der Waals surface area contributed by atoms with Crippen molar-refractivity contribution in [3.05, 3.63) is 59.2 Å². The molecule has 0 unspecified atom stereocenters. The topological polar surface area (TPSA) is 44.3 Å². The SMILES string of the molecule is Cc1ccc([C@@H](CC[NH2+]Cc2ccc3c(c2)OCO3)[C@@H]2CCOC(C)(C)C2)cc1. The first-order valence-corrected chi connectivity index (χ1v) is 10.9. The smallest absolute Gasteiger partial charge is 0.231 e. The van der Waals surface area contributed by atoms with E-state index in [0.29, 0.717) is 18.6 Å². The first kappa shape index (κ1) is 20.2. The highest BCUT2D eigenvalue weighted by atomic mass is 16.7. The Kier molecular flexibility index (Phi) is 6.12. The van der Waals surface area contributed by atoms with E-state index in [1.54, 1.807) is 0 Å². The number of nitrogens with two attached hydrogens (primary N) is 1. The second-order valence-corrected chi connectivity index (χ2v) is 9.14. The van der Waals surface area contributed by atoms with Crippen molar-refractivity contribution in [3.63, 3.8) is 0 Å². The molecule has 0 saturated carbocycles. The molecule has 2 aromatic carbocycles. The Morgan fingerprint density at radius 1 is 1.07 bits per heavy atom. The second kappa shape index (κ2) is 8.76. The van der Waals surface area contributed by atoms with Crippen LogP contribution in [0.5, 0.6) is 11.5 Å². The molecule has 0 aliphatic carbocycles. The highest BCUT2D eigenvalue weighted by Crippen LogP contribution is 2.39. The minimum atomic E-state index is -0.0118. The molecule has 2 aliphatic rings. The quantitative estimate of drug-likeness (QED) is 0.715. The highest BCUT2D eigenvalue weighted by molar-refractivity contribution is 5.44. The lowest BCUT2D eigenvalue weighted by Crippen LogP contribution is -2.82. The molecule has 0 bridgehead atoms. The number of quaternary nitrogens is 1. The zero-order chi connectivity index (χ0) is 20.3. The zero-order valence-corrected chi connectivity index (χ0v) is 17.9. The summed E-state index contributed by atoms with van der Waals surface area (Å²) < 4.78 is 16.9. The van der Waals surface area contributed by atoms with Crippen LogP contribution < -0.4 is 14.8 Å². The van der Waals surface area contributed by atoms with Crippen molar-refractivity contribution in [3.8, 4) is 11.5 Å². The van der Waals surface area contributed by atoms with Gasteiger partial charge in [-0.25, -0.2) is 0 Å². The summed E-state index contributed by atoms with van der Waals surface area (Å²) in [6.07, 6.45) is 3.48. The Hall–Kier alpha value is -2.04. The standard InChI is InChI=1S/C25H33NO3/c1-18-4-7-20(8-5-18)22(21-11-13-29-25(2,3)15-21)10-12-26-16-19-6-9-23-24(14-19)28-17-27-23/h4-9,14,21-22,26H,10-13,15-17H2,1-3H3/p+1/t21-,22-/m1/s1. The van der Waals surface area contributed by atoms with E-state index in [-0.39, 0.29) is 5.60 Å². The van der Waals surface area contributed by atoms with Crippen molar-refractivity contribution in [2.24, 2.45) is 5.92 Å². The molecule has 4 heteroatoms. The van der Waals surface area contributed by atoms with Gasteiger partial charge in [0.05, 0.1) is 12.1 Å². The first-order valence-electron chi connectivity index (χ1n) is 10.9. The number of benzene rings is 2. The maximum Gasteiger partial charge on any atom is 0.231 e. The van der Waals surface area contributed by atoms with Gasteiger partial charge in [0.1, 0.15) is 6.54 Å². The van der Waals surface area contributed by atoms with Crippen molar-refractivity contribution in [2.45, 2.75) is 58.1 Å². The van der Waals surface area contributed by atoms with Crippen LogP contribution in [0.25, 0.3) is 0 Å². The summed E-state index contributed by atoms with van der Waals surface area (Å²) in [6.45, 7) is 9.92. The number of rotatable bonds is 7. The predicted molar refractivity (Wildman–Crippen MR) is 114 cm³/mol. The average molecular weight is 397 g/mol. The van der Waals surface area contributed by atoms with E-state index in [4.69, 9.17) is 14.2 Å². The molecule has 2 aromatic rings. The summed E-state index contributed by atoms with van der Waals surface area (Å²) in [5, 5.41) is 2.42. The predicted octanol–water partition coefficient (Wildman–Crippen LogP) is 4.17. The van der Waals surface area contributed by atoms with E-state index in [2.05, 4.69) is 62.5 Å². The van der Waals surface area contributed by atoms with Gasteiger partial charge in [-0.3, -0.25) is 0 Å². The van der Waals surface area contributed by atoms with Gasteiger partial charge in [-0.1, -0.05) is 29.8 Å². The van der Waals surface area contributed by atoms with Crippen molar-refractivity contribution in [1.82, 2.24) is 0 Å². The molecule has 0 radical (unpaired) electrons. The van der Waals surface area contributed by atoms with Crippen molar-refractivity contribution in [1.29, 1.82) is 0 Å². The minimum Gasteiger partial charge on any atom is -0.454 e. The van der Waals surface area contributed by atoms with Gasteiger partial charge in [0.25, 0.3) is 0 Å². The summed E-state index contributed by atoms with van der Waals surface area (Å²) in [5.41, 5.74) is 4.08. The Morgan fingerprint density at radius 2 is 1.86 bits per heavy atom. The molecule has 2 N–H and O–H groups in total. The monoisotopic (exact) mass is 396 g/mol. The van der Waals surface area contributed by atoms with Gasteiger partial charge in [0.2, 0.25) is 6.79 Å².